The van der Waals surface area contributed by atoms with Crippen LogP contribution in [0.3, 0.4) is 0 Å². The molecule has 3 aromatic heterocycles. The van der Waals surface area contributed by atoms with Gasteiger partial charge in [0, 0.05) is 17.9 Å². The molecule has 0 bridgehead atoms. The Hall–Kier alpha value is -3.06. The lowest BCUT2D eigenvalue weighted by atomic mass is 10.1. The molecule has 0 aliphatic heterocycles. The lowest BCUT2D eigenvalue weighted by Crippen LogP contribution is -2.31. The maximum atomic E-state index is 13.6. The van der Waals surface area contributed by atoms with E-state index in [1.54, 1.807) is 11.1 Å². The molecule has 4 rings (SSSR count). The highest BCUT2D eigenvalue weighted by molar-refractivity contribution is 7.22. The fraction of sp³-hybridized carbons (Fsp3) is 0.304. The van der Waals surface area contributed by atoms with Gasteiger partial charge in [0.25, 0.3) is 5.91 Å². The molecule has 6 nitrogen and oxygen atoms in total. The van der Waals surface area contributed by atoms with E-state index in [0.29, 0.717) is 17.4 Å². The molecule has 0 fully saturated rings. The average molecular weight is 420 g/mol. The van der Waals surface area contributed by atoms with Crippen LogP contribution in [0.15, 0.2) is 42.6 Å². The molecule has 0 saturated heterocycles. The summed E-state index contributed by atoms with van der Waals surface area (Å²) in [6.07, 6.45) is 1.74. The number of fused-ring (bicyclic) bond motifs is 1. The second-order valence-electron chi connectivity index (χ2n) is 7.77. The van der Waals surface area contributed by atoms with Crippen LogP contribution in [0.1, 0.15) is 52.9 Å². The molecule has 0 radical (unpaired) electrons. The van der Waals surface area contributed by atoms with Gasteiger partial charge in [-0.15, -0.1) is 0 Å². The second kappa shape index (κ2) is 7.99. The zero-order valence-corrected chi connectivity index (χ0v) is 18.7. The van der Waals surface area contributed by atoms with Crippen molar-refractivity contribution in [3.05, 3.63) is 70.8 Å². The number of hydrogen-bond acceptors (Lipinski definition) is 5. The third-order valence-corrected chi connectivity index (χ3v) is 6.27. The van der Waals surface area contributed by atoms with Crippen LogP contribution in [-0.4, -0.2) is 25.7 Å². The molecule has 0 aliphatic carbocycles. The van der Waals surface area contributed by atoms with Gasteiger partial charge >= 0.3 is 0 Å². The number of aryl methyl sites for hydroxylation is 3. The van der Waals surface area contributed by atoms with Crippen LogP contribution in [0.5, 0.6) is 0 Å². The molecule has 0 spiro atoms. The van der Waals surface area contributed by atoms with Crippen LogP contribution in [0.4, 0.5) is 5.13 Å². The Bertz CT molecular complexity index is 1210. The summed E-state index contributed by atoms with van der Waals surface area (Å²) in [5.41, 5.74) is 5.45. The number of carbonyl (C=O) groups excluding carboxylic acids is 1. The largest absolute Gasteiger partial charge is 0.280 e. The normalized spacial score (nSPS) is 11.4. The highest BCUT2D eigenvalue weighted by atomic mass is 32.1. The Morgan fingerprint density at radius 3 is 2.63 bits per heavy atom. The second-order valence-corrected chi connectivity index (χ2v) is 8.78. The highest BCUT2D eigenvalue weighted by Crippen LogP contribution is 2.33. The number of anilines is 1. The molecule has 154 valence electrons. The van der Waals surface area contributed by atoms with Crippen LogP contribution < -0.4 is 4.90 Å². The van der Waals surface area contributed by atoms with Crippen LogP contribution in [-0.2, 0) is 6.54 Å². The minimum absolute atomic E-state index is 0.170. The van der Waals surface area contributed by atoms with E-state index >= 15 is 0 Å². The van der Waals surface area contributed by atoms with Crippen molar-refractivity contribution in [2.45, 2.75) is 47.2 Å². The number of pyridine rings is 1. The molecule has 4 aromatic rings. The number of amides is 1. The molecule has 7 heteroatoms. The van der Waals surface area contributed by atoms with E-state index in [1.165, 1.54) is 16.9 Å². The average Bonchev–Trinajstić information content (AvgIpc) is 3.33. The zero-order valence-electron chi connectivity index (χ0n) is 17.9. The van der Waals surface area contributed by atoms with E-state index in [-0.39, 0.29) is 11.9 Å². The van der Waals surface area contributed by atoms with Gasteiger partial charge in [0.05, 0.1) is 22.5 Å². The molecule has 1 aromatic carbocycles. The van der Waals surface area contributed by atoms with E-state index in [2.05, 4.69) is 49.9 Å². The number of rotatable bonds is 5. The molecule has 0 saturated carbocycles. The third kappa shape index (κ3) is 3.73. The van der Waals surface area contributed by atoms with Gasteiger partial charge in [-0.05, 0) is 70.0 Å². The number of aromatic nitrogens is 4. The van der Waals surface area contributed by atoms with Crippen molar-refractivity contribution in [2.24, 2.45) is 0 Å². The lowest BCUT2D eigenvalue weighted by molar-refractivity contribution is 0.0979. The molecular formula is C23H25N5OS. The van der Waals surface area contributed by atoms with Gasteiger partial charge in [0.15, 0.2) is 10.8 Å². The summed E-state index contributed by atoms with van der Waals surface area (Å²) < 4.78 is 2.94. The minimum Gasteiger partial charge on any atom is -0.276 e. The topological polar surface area (TPSA) is 63.9 Å². The first kappa shape index (κ1) is 20.2. The predicted octanol–water partition coefficient (Wildman–Crippen LogP) is 5.24. The van der Waals surface area contributed by atoms with Crippen molar-refractivity contribution in [3.8, 4) is 0 Å². The van der Waals surface area contributed by atoms with Crippen molar-refractivity contribution in [1.82, 2.24) is 19.7 Å². The van der Waals surface area contributed by atoms with Gasteiger partial charge in [-0.1, -0.05) is 23.5 Å². The summed E-state index contributed by atoms with van der Waals surface area (Å²) in [4.78, 5) is 24.5. The molecule has 30 heavy (non-hydrogen) atoms. The highest BCUT2D eigenvalue weighted by Gasteiger charge is 2.25. The maximum absolute atomic E-state index is 13.6. The SMILES string of the molecule is Cc1ccc2sc(N(Cc3ccccn3)C(=O)c3cc(C)n(C(C)C)n3)nc2c1C. The van der Waals surface area contributed by atoms with E-state index in [0.717, 1.165) is 27.2 Å². The quantitative estimate of drug-likeness (QED) is 0.444. The number of nitrogens with zero attached hydrogens (tertiary/aromatic N) is 5. The van der Waals surface area contributed by atoms with Gasteiger partial charge in [-0.3, -0.25) is 19.4 Å². The first-order chi connectivity index (χ1) is 14.3. The molecular weight excluding hydrogens is 394 g/mol. The van der Waals surface area contributed by atoms with Gasteiger partial charge in [0.1, 0.15) is 0 Å². The van der Waals surface area contributed by atoms with Gasteiger partial charge in [0.2, 0.25) is 0 Å². The Labute approximate surface area is 180 Å². The molecule has 0 atom stereocenters. The van der Waals surface area contributed by atoms with Crippen LogP contribution in [0.25, 0.3) is 10.2 Å². The number of benzene rings is 1. The van der Waals surface area contributed by atoms with Crippen molar-refractivity contribution in [3.63, 3.8) is 0 Å². The molecule has 0 aliphatic rings. The third-order valence-electron chi connectivity index (χ3n) is 5.23. The van der Waals surface area contributed by atoms with Crippen LogP contribution >= 0.6 is 11.3 Å². The van der Waals surface area contributed by atoms with E-state index in [9.17, 15) is 4.79 Å². The molecule has 0 unspecified atom stereocenters. The summed E-state index contributed by atoms with van der Waals surface area (Å²) in [5, 5.41) is 5.22. The van der Waals surface area contributed by atoms with Crippen molar-refractivity contribution >= 4 is 32.6 Å². The van der Waals surface area contributed by atoms with Crippen LogP contribution in [0, 0.1) is 20.8 Å². The van der Waals surface area contributed by atoms with E-state index in [4.69, 9.17) is 4.98 Å². The summed E-state index contributed by atoms with van der Waals surface area (Å²) in [6.45, 7) is 10.6. The Morgan fingerprint density at radius 2 is 1.97 bits per heavy atom. The summed E-state index contributed by atoms with van der Waals surface area (Å²) >= 11 is 1.52. The number of thiazole rings is 1. The summed E-state index contributed by atoms with van der Waals surface area (Å²) in [7, 11) is 0. The van der Waals surface area contributed by atoms with Crippen LogP contribution in [0.2, 0.25) is 0 Å². The van der Waals surface area contributed by atoms with Crippen molar-refractivity contribution in [1.29, 1.82) is 0 Å². The maximum Gasteiger partial charge on any atom is 0.280 e. The first-order valence-corrected chi connectivity index (χ1v) is 10.8. The Kier molecular flexibility index (Phi) is 5.39. The number of carbonyl (C=O) groups is 1. The Morgan fingerprint density at radius 1 is 1.17 bits per heavy atom. The van der Waals surface area contributed by atoms with E-state index in [1.807, 2.05) is 35.9 Å². The first-order valence-electron chi connectivity index (χ1n) is 10.00. The summed E-state index contributed by atoms with van der Waals surface area (Å²) in [5.74, 6) is -0.170. The predicted molar refractivity (Wildman–Crippen MR) is 121 cm³/mol. The lowest BCUT2D eigenvalue weighted by Gasteiger charge is -2.18. The van der Waals surface area contributed by atoms with Gasteiger partial charge in [-0.25, -0.2) is 4.98 Å². The van der Waals surface area contributed by atoms with Crippen molar-refractivity contribution in [2.75, 3.05) is 4.90 Å². The smallest absolute Gasteiger partial charge is 0.276 e. The van der Waals surface area contributed by atoms with E-state index < -0.39 is 0 Å². The van der Waals surface area contributed by atoms with Gasteiger partial charge < -0.3 is 0 Å². The van der Waals surface area contributed by atoms with Crippen molar-refractivity contribution < 1.29 is 4.79 Å². The fourth-order valence-corrected chi connectivity index (χ4v) is 4.49. The summed E-state index contributed by atoms with van der Waals surface area (Å²) in [6, 6.07) is 11.9. The molecule has 3 heterocycles. The molecule has 1 amide bonds. The standard InChI is InChI=1S/C23H25N5OS/c1-14(2)28-16(4)12-19(26-28)22(29)27(13-18-8-6-7-11-24-18)23-25-21-17(5)15(3)9-10-20(21)30-23/h6-12,14H,13H2,1-5H3. The fourth-order valence-electron chi connectivity index (χ4n) is 3.46. The number of hydrogen-bond donors (Lipinski definition) is 0. The minimum atomic E-state index is -0.170. The van der Waals surface area contributed by atoms with Gasteiger partial charge in [-0.2, -0.15) is 5.10 Å². The monoisotopic (exact) mass is 419 g/mol. The zero-order chi connectivity index (χ0) is 21.4. The Balaban J connectivity index is 1.79. The molecule has 0 N–H and O–H groups in total.